The first-order valence-corrected chi connectivity index (χ1v) is 7.46. The van der Waals surface area contributed by atoms with E-state index in [9.17, 15) is 8.78 Å². The van der Waals surface area contributed by atoms with Crippen molar-refractivity contribution in [1.82, 2.24) is 15.1 Å². The number of hydrogen-bond acceptors (Lipinski definition) is 5. The van der Waals surface area contributed by atoms with Gasteiger partial charge in [0.05, 0.1) is 10.6 Å². The average Bonchev–Trinajstić information content (AvgIpc) is 3.03. The summed E-state index contributed by atoms with van der Waals surface area (Å²) in [5.74, 6) is 0.992. The second kappa shape index (κ2) is 7.35. The molecule has 0 atom stereocenters. The highest BCUT2D eigenvalue weighted by Gasteiger charge is 2.12. The minimum Gasteiger partial charge on any atom is -0.435 e. The second-order valence-corrected chi connectivity index (χ2v) is 5.30. The van der Waals surface area contributed by atoms with Crippen molar-refractivity contribution in [2.24, 2.45) is 0 Å². The van der Waals surface area contributed by atoms with Gasteiger partial charge in [-0.1, -0.05) is 28.9 Å². The van der Waals surface area contributed by atoms with Crippen LogP contribution in [0.5, 0.6) is 5.75 Å². The number of ether oxygens (including phenoxy) is 1. The summed E-state index contributed by atoms with van der Waals surface area (Å²) in [5.41, 5.74) is 1.57. The zero-order valence-corrected chi connectivity index (χ0v) is 13.1. The van der Waals surface area contributed by atoms with Crippen molar-refractivity contribution in [1.29, 1.82) is 0 Å². The monoisotopic (exact) mass is 351 g/mol. The number of aromatic nitrogens is 3. The number of aryl methyl sites for hydroxylation is 2. The lowest BCUT2D eigenvalue weighted by atomic mass is 10.1. The molecule has 5 nitrogen and oxygen atoms in total. The summed E-state index contributed by atoms with van der Waals surface area (Å²) < 4.78 is 33.7. The van der Waals surface area contributed by atoms with Gasteiger partial charge in [-0.15, -0.1) is 0 Å². The first kappa shape index (κ1) is 16.3. The Bertz CT molecular complexity index is 809. The molecule has 0 saturated carbocycles. The molecule has 0 saturated heterocycles. The Morgan fingerprint density at radius 2 is 1.92 bits per heavy atom. The number of benzene rings is 1. The van der Waals surface area contributed by atoms with Gasteiger partial charge in [0.1, 0.15) is 5.75 Å². The number of pyridine rings is 1. The summed E-state index contributed by atoms with van der Waals surface area (Å²) in [6.45, 7) is -2.83. The molecule has 0 aliphatic rings. The third-order valence-electron chi connectivity index (χ3n) is 3.26. The Morgan fingerprint density at radius 1 is 1.12 bits per heavy atom. The van der Waals surface area contributed by atoms with Crippen molar-refractivity contribution in [3.05, 3.63) is 59.1 Å². The molecule has 0 amide bonds. The van der Waals surface area contributed by atoms with E-state index in [2.05, 4.69) is 19.9 Å². The number of alkyl halides is 2. The Balaban J connectivity index is 1.62. The summed E-state index contributed by atoms with van der Waals surface area (Å²) in [6.07, 6.45) is 4.27. The number of hydrogen-bond donors (Lipinski definition) is 0. The lowest BCUT2D eigenvalue weighted by molar-refractivity contribution is -0.0498. The van der Waals surface area contributed by atoms with Crippen molar-refractivity contribution < 1.29 is 18.0 Å². The average molecular weight is 352 g/mol. The quantitative estimate of drug-likeness (QED) is 0.667. The van der Waals surface area contributed by atoms with Crippen LogP contribution >= 0.6 is 11.6 Å². The smallest absolute Gasteiger partial charge is 0.387 e. The van der Waals surface area contributed by atoms with Crippen molar-refractivity contribution in [2.75, 3.05) is 0 Å². The van der Waals surface area contributed by atoms with E-state index in [1.165, 1.54) is 18.3 Å². The molecule has 124 valence electrons. The lowest BCUT2D eigenvalue weighted by Gasteiger charge is -2.05. The van der Waals surface area contributed by atoms with E-state index in [0.717, 1.165) is 5.56 Å². The molecule has 3 aromatic rings. The van der Waals surface area contributed by atoms with Crippen LogP contribution in [0.3, 0.4) is 0 Å². The largest absolute Gasteiger partial charge is 0.435 e. The molecule has 0 aliphatic carbocycles. The minimum atomic E-state index is -2.83. The highest BCUT2D eigenvalue weighted by Crippen LogP contribution is 2.25. The minimum absolute atomic E-state index is 0.128. The predicted molar refractivity (Wildman–Crippen MR) is 83.0 cm³/mol. The van der Waals surface area contributed by atoms with Crippen molar-refractivity contribution in [3.8, 4) is 17.2 Å². The van der Waals surface area contributed by atoms with E-state index in [1.54, 1.807) is 24.4 Å². The van der Waals surface area contributed by atoms with Crippen LogP contribution in [0.25, 0.3) is 11.5 Å². The van der Waals surface area contributed by atoms with Crippen molar-refractivity contribution >= 4 is 11.6 Å². The third-order valence-corrected chi connectivity index (χ3v) is 3.56. The zero-order chi connectivity index (χ0) is 16.9. The molecule has 3 rings (SSSR count). The first-order valence-electron chi connectivity index (χ1n) is 7.08. The Kier molecular flexibility index (Phi) is 5.00. The molecule has 0 N–H and O–H groups in total. The topological polar surface area (TPSA) is 61.0 Å². The maximum atomic E-state index is 12.1. The fourth-order valence-electron chi connectivity index (χ4n) is 2.11. The first-order chi connectivity index (χ1) is 11.6. The van der Waals surface area contributed by atoms with Crippen LogP contribution in [-0.4, -0.2) is 21.7 Å². The van der Waals surface area contributed by atoms with Gasteiger partial charge in [0.25, 0.3) is 5.89 Å². The summed E-state index contributed by atoms with van der Waals surface area (Å²) in [5, 5.41) is 4.35. The molecular formula is C16H12ClF2N3O2. The van der Waals surface area contributed by atoms with E-state index in [-0.39, 0.29) is 5.75 Å². The van der Waals surface area contributed by atoms with E-state index in [0.29, 0.717) is 35.1 Å². The highest BCUT2D eigenvalue weighted by molar-refractivity contribution is 6.32. The maximum absolute atomic E-state index is 12.1. The fraction of sp³-hybridized carbons (Fsp3) is 0.188. The van der Waals surface area contributed by atoms with Crippen LogP contribution in [0.2, 0.25) is 5.02 Å². The highest BCUT2D eigenvalue weighted by atomic mass is 35.5. The molecule has 8 heteroatoms. The van der Waals surface area contributed by atoms with Crippen molar-refractivity contribution in [3.63, 3.8) is 0 Å². The predicted octanol–water partition coefficient (Wildman–Crippen LogP) is 4.17. The summed E-state index contributed by atoms with van der Waals surface area (Å²) in [6, 6.07) is 8.14. The molecule has 1 aromatic carbocycles. The number of rotatable bonds is 6. The van der Waals surface area contributed by atoms with Crippen LogP contribution in [0.15, 0.2) is 47.2 Å². The normalized spacial score (nSPS) is 11.0. The molecule has 24 heavy (non-hydrogen) atoms. The van der Waals surface area contributed by atoms with Gasteiger partial charge in [0.2, 0.25) is 0 Å². The molecule has 0 unspecified atom stereocenters. The molecule has 2 heterocycles. The summed E-state index contributed by atoms with van der Waals surface area (Å²) in [4.78, 5) is 8.20. The molecule has 0 radical (unpaired) electrons. The standard InChI is InChI=1S/C16H12ClF2N3O2/c17-13-9-20-8-7-12(13)15-21-14(22-24-15)6-3-10-1-4-11(5-2-10)23-16(18)19/h1-2,4-5,7-9,16H,3,6H2. The maximum Gasteiger partial charge on any atom is 0.387 e. The van der Waals surface area contributed by atoms with E-state index in [4.69, 9.17) is 16.1 Å². The van der Waals surface area contributed by atoms with Crippen LogP contribution in [-0.2, 0) is 12.8 Å². The van der Waals surface area contributed by atoms with Gasteiger partial charge < -0.3 is 9.26 Å². The van der Waals surface area contributed by atoms with Crippen LogP contribution in [0.1, 0.15) is 11.4 Å². The molecule has 0 spiro atoms. The van der Waals surface area contributed by atoms with E-state index >= 15 is 0 Å². The van der Waals surface area contributed by atoms with Crippen LogP contribution in [0.4, 0.5) is 8.78 Å². The SMILES string of the molecule is FC(F)Oc1ccc(CCc2noc(-c3ccncc3Cl)n2)cc1. The number of nitrogens with zero attached hydrogens (tertiary/aromatic N) is 3. The van der Waals surface area contributed by atoms with Gasteiger partial charge in [-0.25, -0.2) is 0 Å². The van der Waals surface area contributed by atoms with Crippen LogP contribution in [0, 0.1) is 0 Å². The van der Waals surface area contributed by atoms with Gasteiger partial charge in [0.15, 0.2) is 5.82 Å². The fourth-order valence-corrected chi connectivity index (χ4v) is 2.31. The Hall–Kier alpha value is -2.54. The Morgan fingerprint density at radius 3 is 2.62 bits per heavy atom. The van der Waals surface area contributed by atoms with Gasteiger partial charge in [0, 0.05) is 18.8 Å². The number of halogens is 3. The Labute approximate surface area is 141 Å². The molecule has 2 aromatic heterocycles. The molecule has 0 aliphatic heterocycles. The van der Waals surface area contributed by atoms with Crippen molar-refractivity contribution in [2.45, 2.75) is 19.5 Å². The summed E-state index contributed by atoms with van der Waals surface area (Å²) >= 11 is 6.04. The van der Waals surface area contributed by atoms with E-state index < -0.39 is 6.61 Å². The summed E-state index contributed by atoms with van der Waals surface area (Å²) in [7, 11) is 0. The van der Waals surface area contributed by atoms with Gasteiger partial charge in [-0.3, -0.25) is 4.98 Å². The second-order valence-electron chi connectivity index (χ2n) is 4.89. The van der Waals surface area contributed by atoms with E-state index in [1.807, 2.05) is 0 Å². The lowest BCUT2D eigenvalue weighted by Crippen LogP contribution is -2.01. The third kappa shape index (κ3) is 4.05. The van der Waals surface area contributed by atoms with Gasteiger partial charge in [-0.2, -0.15) is 13.8 Å². The van der Waals surface area contributed by atoms with Gasteiger partial charge >= 0.3 is 6.61 Å². The van der Waals surface area contributed by atoms with Gasteiger partial charge in [-0.05, 0) is 30.2 Å². The molecule has 0 fully saturated rings. The molecular weight excluding hydrogens is 340 g/mol. The van der Waals surface area contributed by atoms with Crippen LogP contribution < -0.4 is 4.74 Å². The zero-order valence-electron chi connectivity index (χ0n) is 12.3. The molecule has 0 bridgehead atoms.